The minimum absolute atomic E-state index is 0.0775. The predicted octanol–water partition coefficient (Wildman–Crippen LogP) is 4.10. The number of nitrogens with two attached hydrogens (primary N) is 1. The fraction of sp³-hybridized carbons (Fsp3) is 0.600. The molecule has 0 aromatic heterocycles. The van der Waals surface area contributed by atoms with Crippen LogP contribution < -0.4 is 10.6 Å². The molecule has 1 aliphatic heterocycles. The molecule has 1 saturated heterocycles. The second-order valence-electron chi connectivity index (χ2n) is 6.15. The Morgan fingerprint density at radius 1 is 1.28 bits per heavy atom. The van der Waals surface area contributed by atoms with Crippen LogP contribution >= 0.6 is 15.9 Å². The highest BCUT2D eigenvalue weighted by atomic mass is 79.9. The molecule has 1 heterocycles. The summed E-state index contributed by atoms with van der Waals surface area (Å²) in [6.07, 6.45) is 2.53. The molecule has 1 aromatic rings. The summed E-state index contributed by atoms with van der Waals surface area (Å²) in [5, 5.41) is 0. The van der Waals surface area contributed by atoms with E-state index in [0.29, 0.717) is 5.41 Å². The van der Waals surface area contributed by atoms with Crippen molar-refractivity contribution in [3.8, 4) is 0 Å². The van der Waals surface area contributed by atoms with Crippen molar-refractivity contribution in [2.75, 3.05) is 18.0 Å². The SMILES string of the molecule is C[C@@H](N)c1ccc(N2CCC(C)(C)CC2)cc1Br. The van der Waals surface area contributed by atoms with Gasteiger partial charge < -0.3 is 10.6 Å². The third-order valence-corrected chi connectivity index (χ3v) is 4.64. The summed E-state index contributed by atoms with van der Waals surface area (Å²) < 4.78 is 1.12. The van der Waals surface area contributed by atoms with E-state index in [9.17, 15) is 0 Å². The van der Waals surface area contributed by atoms with Gasteiger partial charge in [-0.3, -0.25) is 0 Å². The van der Waals surface area contributed by atoms with Crippen molar-refractivity contribution in [2.45, 2.75) is 39.7 Å². The number of anilines is 1. The van der Waals surface area contributed by atoms with Crippen LogP contribution in [0.5, 0.6) is 0 Å². The molecule has 1 fully saturated rings. The van der Waals surface area contributed by atoms with Gasteiger partial charge in [0, 0.05) is 29.3 Å². The zero-order valence-electron chi connectivity index (χ0n) is 11.5. The second kappa shape index (κ2) is 5.22. The van der Waals surface area contributed by atoms with Gasteiger partial charge in [-0.05, 0) is 42.9 Å². The lowest BCUT2D eigenvalue weighted by atomic mass is 9.82. The molecule has 0 amide bonds. The third-order valence-electron chi connectivity index (χ3n) is 3.96. The first-order chi connectivity index (χ1) is 8.39. The quantitative estimate of drug-likeness (QED) is 0.891. The van der Waals surface area contributed by atoms with E-state index in [-0.39, 0.29) is 6.04 Å². The normalized spacial score (nSPS) is 20.8. The zero-order chi connectivity index (χ0) is 13.3. The van der Waals surface area contributed by atoms with Crippen LogP contribution in [0.3, 0.4) is 0 Å². The van der Waals surface area contributed by atoms with Gasteiger partial charge in [0.05, 0.1) is 0 Å². The first-order valence-corrected chi connectivity index (χ1v) is 7.48. The number of benzene rings is 1. The summed E-state index contributed by atoms with van der Waals surface area (Å²) in [4.78, 5) is 2.47. The highest BCUT2D eigenvalue weighted by molar-refractivity contribution is 9.10. The summed E-state index contributed by atoms with van der Waals surface area (Å²) in [7, 11) is 0. The van der Waals surface area contributed by atoms with Gasteiger partial charge in [-0.15, -0.1) is 0 Å². The largest absolute Gasteiger partial charge is 0.371 e. The molecule has 2 nitrogen and oxygen atoms in total. The highest BCUT2D eigenvalue weighted by Crippen LogP contribution is 2.34. The lowest BCUT2D eigenvalue weighted by Gasteiger charge is -2.38. The van der Waals surface area contributed by atoms with Crippen LogP contribution in [0.25, 0.3) is 0 Å². The van der Waals surface area contributed by atoms with Crippen molar-refractivity contribution in [1.29, 1.82) is 0 Å². The zero-order valence-corrected chi connectivity index (χ0v) is 13.1. The molecule has 0 spiro atoms. The number of rotatable bonds is 2. The standard InChI is InChI=1S/C15H23BrN2/c1-11(17)13-5-4-12(10-14(13)16)18-8-6-15(2,3)7-9-18/h4-5,10-11H,6-9,17H2,1-3H3/t11-/m1/s1. The van der Waals surface area contributed by atoms with Gasteiger partial charge >= 0.3 is 0 Å². The number of piperidine rings is 1. The molecule has 0 bridgehead atoms. The van der Waals surface area contributed by atoms with E-state index >= 15 is 0 Å². The van der Waals surface area contributed by atoms with E-state index in [0.717, 1.165) is 17.6 Å². The molecule has 2 N–H and O–H groups in total. The highest BCUT2D eigenvalue weighted by Gasteiger charge is 2.25. The van der Waals surface area contributed by atoms with Gasteiger partial charge in [0.2, 0.25) is 0 Å². The predicted molar refractivity (Wildman–Crippen MR) is 82.0 cm³/mol. The molecule has 18 heavy (non-hydrogen) atoms. The lowest BCUT2D eigenvalue weighted by Crippen LogP contribution is -2.37. The van der Waals surface area contributed by atoms with Crippen LogP contribution in [0.1, 0.15) is 45.2 Å². The molecular formula is C15H23BrN2. The molecule has 0 saturated carbocycles. The molecule has 1 aromatic carbocycles. The maximum Gasteiger partial charge on any atom is 0.0377 e. The van der Waals surface area contributed by atoms with Crippen LogP contribution in [0.4, 0.5) is 5.69 Å². The van der Waals surface area contributed by atoms with E-state index in [1.54, 1.807) is 0 Å². The van der Waals surface area contributed by atoms with Crippen molar-refractivity contribution in [3.63, 3.8) is 0 Å². The molecule has 0 aliphatic carbocycles. The smallest absolute Gasteiger partial charge is 0.0377 e. The molecule has 1 aliphatic rings. The Bertz CT molecular complexity index is 417. The van der Waals surface area contributed by atoms with E-state index in [2.05, 4.69) is 52.9 Å². The van der Waals surface area contributed by atoms with Gasteiger partial charge in [-0.1, -0.05) is 35.8 Å². The van der Waals surface area contributed by atoms with E-state index in [4.69, 9.17) is 5.73 Å². The summed E-state index contributed by atoms with van der Waals surface area (Å²) >= 11 is 3.63. The number of hydrogen-bond acceptors (Lipinski definition) is 2. The average molecular weight is 311 g/mol. The van der Waals surface area contributed by atoms with Gasteiger partial charge in [0.25, 0.3) is 0 Å². The Kier molecular flexibility index (Phi) is 4.02. The van der Waals surface area contributed by atoms with Crippen LogP contribution in [-0.2, 0) is 0 Å². The molecule has 0 radical (unpaired) electrons. The van der Waals surface area contributed by atoms with E-state index < -0.39 is 0 Å². The first kappa shape index (κ1) is 13.9. The topological polar surface area (TPSA) is 29.3 Å². The maximum atomic E-state index is 5.94. The van der Waals surface area contributed by atoms with Crippen LogP contribution in [0.15, 0.2) is 22.7 Å². The van der Waals surface area contributed by atoms with E-state index in [1.165, 1.54) is 24.1 Å². The van der Waals surface area contributed by atoms with Crippen molar-refractivity contribution in [3.05, 3.63) is 28.2 Å². The Balaban J connectivity index is 2.13. The summed E-state index contributed by atoms with van der Waals surface area (Å²) in [5.74, 6) is 0. The Morgan fingerprint density at radius 3 is 2.39 bits per heavy atom. The fourth-order valence-corrected chi connectivity index (χ4v) is 3.18. The Morgan fingerprint density at radius 2 is 1.89 bits per heavy atom. The summed E-state index contributed by atoms with van der Waals surface area (Å²) in [5.41, 5.74) is 8.92. The lowest BCUT2D eigenvalue weighted by molar-refractivity contribution is 0.280. The van der Waals surface area contributed by atoms with E-state index in [1.807, 2.05) is 6.92 Å². The monoisotopic (exact) mass is 310 g/mol. The summed E-state index contributed by atoms with van der Waals surface area (Å²) in [6.45, 7) is 9.04. The molecule has 1 atom stereocenters. The van der Waals surface area contributed by atoms with Gasteiger partial charge in [0.1, 0.15) is 0 Å². The van der Waals surface area contributed by atoms with Crippen molar-refractivity contribution < 1.29 is 0 Å². The summed E-state index contributed by atoms with van der Waals surface area (Å²) in [6, 6.07) is 6.62. The Hall–Kier alpha value is -0.540. The van der Waals surface area contributed by atoms with Crippen molar-refractivity contribution >= 4 is 21.6 Å². The average Bonchev–Trinajstić information content (AvgIpc) is 2.28. The number of hydrogen-bond donors (Lipinski definition) is 1. The molecule has 0 unspecified atom stereocenters. The number of halogens is 1. The van der Waals surface area contributed by atoms with Gasteiger partial charge in [-0.25, -0.2) is 0 Å². The molecule has 2 rings (SSSR count). The molecule has 100 valence electrons. The van der Waals surface area contributed by atoms with Gasteiger partial charge in [-0.2, -0.15) is 0 Å². The second-order valence-corrected chi connectivity index (χ2v) is 7.00. The number of nitrogens with zero attached hydrogens (tertiary/aromatic N) is 1. The molecule has 3 heteroatoms. The van der Waals surface area contributed by atoms with Crippen LogP contribution in [-0.4, -0.2) is 13.1 Å². The third kappa shape index (κ3) is 3.07. The van der Waals surface area contributed by atoms with Gasteiger partial charge in [0.15, 0.2) is 0 Å². The first-order valence-electron chi connectivity index (χ1n) is 6.69. The minimum atomic E-state index is 0.0775. The Labute approximate surface area is 119 Å². The van der Waals surface area contributed by atoms with Crippen molar-refractivity contribution in [2.24, 2.45) is 11.1 Å². The fourth-order valence-electron chi connectivity index (χ4n) is 2.45. The van der Waals surface area contributed by atoms with Crippen LogP contribution in [0.2, 0.25) is 0 Å². The van der Waals surface area contributed by atoms with Crippen molar-refractivity contribution in [1.82, 2.24) is 0 Å². The van der Waals surface area contributed by atoms with Crippen LogP contribution in [0, 0.1) is 5.41 Å². The minimum Gasteiger partial charge on any atom is -0.371 e. The maximum absolute atomic E-state index is 5.94. The molecular weight excluding hydrogens is 288 g/mol.